The van der Waals surface area contributed by atoms with Gasteiger partial charge in [-0.25, -0.2) is 4.98 Å². The lowest BCUT2D eigenvalue weighted by molar-refractivity contribution is 0.0952. The van der Waals surface area contributed by atoms with Crippen molar-refractivity contribution in [2.45, 2.75) is 13.5 Å². The number of amides is 1. The molecule has 0 bridgehead atoms. The van der Waals surface area contributed by atoms with Crippen LogP contribution in [-0.4, -0.2) is 22.0 Å². The maximum Gasteiger partial charge on any atom is 0.251 e. The van der Waals surface area contributed by atoms with Crippen molar-refractivity contribution >= 4 is 5.91 Å². The van der Waals surface area contributed by atoms with E-state index in [-0.39, 0.29) is 5.91 Å². The molecule has 0 aliphatic carbocycles. The fourth-order valence-corrected chi connectivity index (χ4v) is 2.67. The minimum absolute atomic E-state index is 0.184. The predicted octanol–water partition coefficient (Wildman–Crippen LogP) is 3.16. The number of carbonyl (C=O) groups is 1. The van der Waals surface area contributed by atoms with E-state index in [2.05, 4.69) is 14.9 Å². The topological polar surface area (TPSA) is 70.7 Å². The number of imidazole rings is 1. The highest BCUT2D eigenvalue weighted by molar-refractivity contribution is 5.94. The van der Waals surface area contributed by atoms with Gasteiger partial charge in [0.2, 0.25) is 0 Å². The van der Waals surface area contributed by atoms with Gasteiger partial charge in [-0.05, 0) is 25.1 Å². The van der Waals surface area contributed by atoms with E-state index in [1.54, 1.807) is 24.3 Å². The summed E-state index contributed by atoms with van der Waals surface area (Å²) >= 11 is 0. The van der Waals surface area contributed by atoms with E-state index >= 15 is 0 Å². The zero-order chi connectivity index (χ0) is 17.6. The summed E-state index contributed by atoms with van der Waals surface area (Å²) in [4.78, 5) is 16.7. The molecule has 0 radical (unpaired) electrons. The first-order valence-corrected chi connectivity index (χ1v) is 8.05. The number of nitriles is 1. The Balaban J connectivity index is 1.68. The Labute approximate surface area is 146 Å². The van der Waals surface area contributed by atoms with Crippen LogP contribution in [0.5, 0.6) is 0 Å². The van der Waals surface area contributed by atoms with Crippen LogP contribution in [0.3, 0.4) is 0 Å². The van der Waals surface area contributed by atoms with Crippen molar-refractivity contribution in [1.82, 2.24) is 14.9 Å². The molecule has 0 fully saturated rings. The molecule has 1 N–H and O–H groups in total. The van der Waals surface area contributed by atoms with Crippen molar-refractivity contribution in [1.29, 1.82) is 5.26 Å². The Morgan fingerprint density at radius 1 is 1.20 bits per heavy atom. The third-order valence-corrected chi connectivity index (χ3v) is 3.96. The Bertz CT molecular complexity index is 922. The lowest BCUT2D eigenvalue weighted by Gasteiger charge is -2.11. The van der Waals surface area contributed by atoms with Crippen LogP contribution < -0.4 is 5.32 Å². The number of nitrogens with zero attached hydrogens (tertiary/aromatic N) is 3. The highest BCUT2D eigenvalue weighted by Gasteiger charge is 2.10. The van der Waals surface area contributed by atoms with Crippen molar-refractivity contribution in [2.24, 2.45) is 0 Å². The van der Waals surface area contributed by atoms with Crippen LogP contribution in [0.1, 0.15) is 21.6 Å². The standard InChI is InChI=1S/C20H18N4O/c1-15-14-23-19(17-7-3-2-4-8-17)24(15)11-10-22-20(25)18-9-5-6-16(12-18)13-21/h2-9,12,14H,10-11H2,1H3,(H,22,25). The smallest absolute Gasteiger partial charge is 0.251 e. The minimum atomic E-state index is -0.184. The highest BCUT2D eigenvalue weighted by Crippen LogP contribution is 2.18. The Morgan fingerprint density at radius 2 is 2.00 bits per heavy atom. The van der Waals surface area contributed by atoms with Crippen LogP contribution in [0.25, 0.3) is 11.4 Å². The third kappa shape index (κ3) is 3.75. The molecule has 1 heterocycles. The van der Waals surface area contributed by atoms with E-state index in [4.69, 9.17) is 5.26 Å². The molecular weight excluding hydrogens is 312 g/mol. The quantitative estimate of drug-likeness (QED) is 0.781. The average Bonchev–Trinajstić information content (AvgIpc) is 3.03. The molecule has 0 saturated heterocycles. The van der Waals surface area contributed by atoms with E-state index in [0.717, 1.165) is 17.1 Å². The van der Waals surface area contributed by atoms with Crippen LogP contribution in [0.2, 0.25) is 0 Å². The first-order valence-electron chi connectivity index (χ1n) is 8.05. The van der Waals surface area contributed by atoms with Crippen molar-refractivity contribution < 1.29 is 4.79 Å². The molecule has 5 heteroatoms. The fourth-order valence-electron chi connectivity index (χ4n) is 2.67. The first-order chi connectivity index (χ1) is 12.2. The minimum Gasteiger partial charge on any atom is -0.350 e. The van der Waals surface area contributed by atoms with Crippen molar-refractivity contribution in [2.75, 3.05) is 6.54 Å². The molecule has 0 unspecified atom stereocenters. The van der Waals surface area contributed by atoms with E-state index in [1.165, 1.54) is 0 Å². The summed E-state index contributed by atoms with van der Waals surface area (Å²) in [5.74, 6) is 0.704. The van der Waals surface area contributed by atoms with Crippen LogP contribution in [0.4, 0.5) is 0 Å². The molecule has 0 aliphatic rings. The second kappa shape index (κ2) is 7.45. The average molecular weight is 330 g/mol. The molecule has 3 rings (SSSR count). The maximum atomic E-state index is 12.2. The number of hydrogen-bond acceptors (Lipinski definition) is 3. The molecule has 3 aromatic rings. The number of nitrogens with one attached hydrogen (secondary N) is 1. The fraction of sp³-hybridized carbons (Fsp3) is 0.150. The summed E-state index contributed by atoms with van der Waals surface area (Å²) in [5, 5.41) is 11.8. The van der Waals surface area contributed by atoms with E-state index in [0.29, 0.717) is 24.2 Å². The summed E-state index contributed by atoms with van der Waals surface area (Å²) in [7, 11) is 0. The molecule has 1 amide bonds. The van der Waals surface area contributed by atoms with Gasteiger partial charge in [-0.3, -0.25) is 4.79 Å². The largest absolute Gasteiger partial charge is 0.350 e. The number of aryl methyl sites for hydroxylation is 1. The van der Waals surface area contributed by atoms with Gasteiger partial charge in [-0.15, -0.1) is 0 Å². The second-order valence-corrected chi connectivity index (χ2v) is 5.69. The molecule has 1 aromatic heterocycles. The Kier molecular flexibility index (Phi) is 4.91. The number of rotatable bonds is 5. The zero-order valence-corrected chi connectivity index (χ0v) is 13.9. The van der Waals surface area contributed by atoms with Gasteiger partial charge in [0, 0.05) is 36.1 Å². The van der Waals surface area contributed by atoms with Crippen LogP contribution in [0.15, 0.2) is 60.8 Å². The summed E-state index contributed by atoms with van der Waals surface area (Å²) in [5.41, 5.74) is 3.05. The Hall–Kier alpha value is -3.39. The predicted molar refractivity (Wildman–Crippen MR) is 95.9 cm³/mol. The van der Waals surface area contributed by atoms with E-state index < -0.39 is 0 Å². The highest BCUT2D eigenvalue weighted by atomic mass is 16.1. The van der Waals surface area contributed by atoms with Crippen LogP contribution in [-0.2, 0) is 6.54 Å². The van der Waals surface area contributed by atoms with Crippen molar-refractivity contribution in [3.8, 4) is 17.5 Å². The van der Waals surface area contributed by atoms with Gasteiger partial charge in [0.05, 0.1) is 11.6 Å². The summed E-state index contributed by atoms with van der Waals surface area (Å²) in [6.45, 7) is 3.10. The lowest BCUT2D eigenvalue weighted by Crippen LogP contribution is -2.27. The second-order valence-electron chi connectivity index (χ2n) is 5.69. The molecule has 0 atom stereocenters. The Morgan fingerprint density at radius 3 is 2.76 bits per heavy atom. The van der Waals surface area contributed by atoms with Crippen LogP contribution >= 0.6 is 0 Å². The molecular formula is C20H18N4O. The van der Waals surface area contributed by atoms with Gasteiger partial charge >= 0.3 is 0 Å². The monoisotopic (exact) mass is 330 g/mol. The SMILES string of the molecule is Cc1cnc(-c2ccccc2)n1CCNC(=O)c1cccc(C#N)c1. The molecule has 25 heavy (non-hydrogen) atoms. The van der Waals surface area contributed by atoms with Gasteiger partial charge < -0.3 is 9.88 Å². The number of benzene rings is 2. The molecule has 5 nitrogen and oxygen atoms in total. The first kappa shape index (κ1) is 16.5. The number of aromatic nitrogens is 2. The normalized spacial score (nSPS) is 10.2. The molecule has 0 aliphatic heterocycles. The molecule has 0 saturated carbocycles. The van der Waals surface area contributed by atoms with Gasteiger partial charge in [0.25, 0.3) is 5.91 Å². The van der Waals surface area contributed by atoms with E-state index in [9.17, 15) is 4.79 Å². The van der Waals surface area contributed by atoms with Gasteiger partial charge in [0.1, 0.15) is 5.82 Å². The van der Waals surface area contributed by atoms with Gasteiger partial charge in [-0.2, -0.15) is 5.26 Å². The van der Waals surface area contributed by atoms with Gasteiger partial charge in [-0.1, -0.05) is 36.4 Å². The molecule has 0 spiro atoms. The number of carbonyl (C=O) groups excluding carboxylic acids is 1. The van der Waals surface area contributed by atoms with Crippen molar-refractivity contribution in [3.63, 3.8) is 0 Å². The molecule has 2 aromatic carbocycles. The maximum absolute atomic E-state index is 12.2. The summed E-state index contributed by atoms with van der Waals surface area (Å²) < 4.78 is 2.08. The summed E-state index contributed by atoms with van der Waals surface area (Å²) in [6, 6.07) is 18.7. The number of hydrogen-bond donors (Lipinski definition) is 1. The summed E-state index contributed by atoms with van der Waals surface area (Å²) in [6.07, 6.45) is 1.83. The third-order valence-electron chi connectivity index (χ3n) is 3.96. The molecule has 124 valence electrons. The van der Waals surface area contributed by atoms with Gasteiger partial charge in [0.15, 0.2) is 0 Å². The van der Waals surface area contributed by atoms with E-state index in [1.807, 2.05) is 49.5 Å². The van der Waals surface area contributed by atoms with Crippen LogP contribution in [0, 0.1) is 18.3 Å². The zero-order valence-electron chi connectivity index (χ0n) is 13.9. The lowest BCUT2D eigenvalue weighted by atomic mass is 10.1. The van der Waals surface area contributed by atoms with Crippen molar-refractivity contribution in [3.05, 3.63) is 77.6 Å².